The third-order valence-electron chi connectivity index (χ3n) is 6.73. The number of unbranched alkanes of at least 4 members (excludes halogenated alkanes) is 1. The first kappa shape index (κ1) is 31.4. The zero-order valence-corrected chi connectivity index (χ0v) is 25.5. The van der Waals surface area contributed by atoms with Gasteiger partial charge in [-0.3, -0.25) is 9.36 Å². The first-order valence-corrected chi connectivity index (χ1v) is 15.5. The van der Waals surface area contributed by atoms with Crippen molar-refractivity contribution < 1.29 is 48.7 Å². The highest BCUT2D eigenvalue weighted by Gasteiger charge is 2.48. The molecule has 244 valence electrons. The van der Waals surface area contributed by atoms with Crippen LogP contribution < -0.4 is 20.1 Å². The molecular formula is C29H34F3N4O8P. The van der Waals surface area contributed by atoms with Crippen molar-refractivity contribution in [3.05, 3.63) is 58.4 Å². The van der Waals surface area contributed by atoms with Crippen LogP contribution in [-0.2, 0) is 23.3 Å². The molecule has 1 saturated heterocycles. The van der Waals surface area contributed by atoms with E-state index in [4.69, 9.17) is 37.3 Å². The van der Waals surface area contributed by atoms with Gasteiger partial charge in [0, 0.05) is 20.1 Å². The number of methoxy groups -OCH3 is 1. The normalized spacial score (nSPS) is 21.0. The largest absolute Gasteiger partial charge is 0.491 e. The summed E-state index contributed by atoms with van der Waals surface area (Å²) in [6, 6.07) is 4.25. The monoisotopic (exact) mass is 657 g/mol. The summed E-state index contributed by atoms with van der Waals surface area (Å²) >= 11 is 0. The molecular weight excluding hydrogens is 620 g/mol. The fourth-order valence-electron chi connectivity index (χ4n) is 4.73. The van der Waals surface area contributed by atoms with Gasteiger partial charge in [0.2, 0.25) is 6.54 Å². The van der Waals surface area contributed by atoms with Crippen LogP contribution in [0.5, 0.6) is 17.2 Å². The second-order valence-electron chi connectivity index (χ2n) is 10.2. The summed E-state index contributed by atoms with van der Waals surface area (Å²) < 4.78 is 91.7. The predicted molar refractivity (Wildman–Crippen MR) is 158 cm³/mol. The topological polar surface area (TPSA) is 115 Å². The zero-order chi connectivity index (χ0) is 34.3. The first-order chi connectivity index (χ1) is 22.3. The summed E-state index contributed by atoms with van der Waals surface area (Å²) in [5.41, 5.74) is -0.415. The summed E-state index contributed by atoms with van der Waals surface area (Å²) in [6.45, 7) is 14.4. The minimum atomic E-state index is -5.34. The Bertz CT molecular complexity index is 1540. The Kier molecular flexibility index (Phi) is 10.6. The van der Waals surface area contributed by atoms with Crippen LogP contribution in [-0.4, -0.2) is 73.9 Å². The number of alkyl halides is 3. The van der Waals surface area contributed by atoms with E-state index in [0.29, 0.717) is 6.42 Å². The maximum Gasteiger partial charge on any atom is 0.472 e. The summed E-state index contributed by atoms with van der Waals surface area (Å²) in [5, 5.41) is 0. The van der Waals surface area contributed by atoms with E-state index in [1.54, 1.807) is 6.66 Å². The van der Waals surface area contributed by atoms with Crippen molar-refractivity contribution in [1.29, 1.82) is 0 Å². The van der Waals surface area contributed by atoms with Crippen molar-refractivity contribution >= 4 is 25.8 Å². The van der Waals surface area contributed by atoms with Gasteiger partial charge in [0.15, 0.2) is 25.7 Å². The number of fused-ring (bicyclic) bond motifs is 2. The number of anilines is 2. The van der Waals surface area contributed by atoms with Crippen LogP contribution >= 0.6 is 8.38 Å². The maximum absolute atomic E-state index is 13.9. The van der Waals surface area contributed by atoms with Gasteiger partial charge in [-0.2, -0.15) is 18.2 Å². The lowest BCUT2D eigenvalue weighted by Crippen LogP contribution is -2.41. The minimum Gasteiger partial charge on any atom is -0.491 e. The van der Waals surface area contributed by atoms with Gasteiger partial charge in [0.05, 0.1) is 28.3 Å². The number of nitrogens with zero attached hydrogens (tertiary/aromatic N) is 4. The molecule has 0 N–H and O–H groups in total. The first-order valence-electron chi connectivity index (χ1n) is 15.1. The van der Waals surface area contributed by atoms with Crippen molar-refractivity contribution in [2.24, 2.45) is 0 Å². The van der Waals surface area contributed by atoms with E-state index in [0.717, 1.165) is 29.2 Å². The molecule has 2 aliphatic rings. The number of allylic oxidation sites excluding steroid dienone is 1. The van der Waals surface area contributed by atoms with Crippen molar-refractivity contribution in [1.82, 2.24) is 9.55 Å². The number of benzene rings is 1. The lowest BCUT2D eigenvalue weighted by molar-refractivity contribution is -0.169. The number of carbonyl (C=O) groups is 1. The average Bonchev–Trinajstić information content (AvgIpc) is 3.39. The van der Waals surface area contributed by atoms with Crippen molar-refractivity contribution in [3.8, 4) is 17.2 Å². The molecule has 45 heavy (non-hydrogen) atoms. The number of ether oxygens (including phenoxy) is 4. The molecule has 1 amide bonds. The molecule has 5 atom stereocenters. The average molecular weight is 658 g/mol. The number of carbonyl (C=O) groups excluding carboxylic acids is 1. The van der Waals surface area contributed by atoms with Crippen LogP contribution in [0, 0.1) is 6.57 Å². The van der Waals surface area contributed by atoms with Crippen molar-refractivity contribution in [2.45, 2.75) is 57.2 Å². The van der Waals surface area contributed by atoms with E-state index >= 15 is 0 Å². The number of para-hydroxylation sites is 1. The fraction of sp³-hybridized carbons (Fsp3) is 0.517. The molecule has 0 radical (unpaired) electrons. The Morgan fingerprint density at radius 2 is 2.16 bits per heavy atom. The van der Waals surface area contributed by atoms with Gasteiger partial charge >= 0.3 is 17.8 Å². The predicted octanol–water partition coefficient (Wildman–Crippen LogP) is 5.90. The molecule has 0 bridgehead atoms. The van der Waals surface area contributed by atoms with Crippen molar-refractivity contribution in [2.75, 3.05) is 45.0 Å². The highest BCUT2D eigenvalue weighted by atomic mass is 31.2. The maximum atomic E-state index is 13.9. The van der Waals surface area contributed by atoms with E-state index in [-0.39, 0.29) is 60.6 Å². The number of halogens is 3. The van der Waals surface area contributed by atoms with Gasteiger partial charge in [-0.15, -0.1) is 6.58 Å². The molecule has 3 unspecified atom stereocenters. The molecule has 3 heterocycles. The summed E-state index contributed by atoms with van der Waals surface area (Å²) in [7, 11) is -3.12. The third kappa shape index (κ3) is 8.39. The van der Waals surface area contributed by atoms with Crippen LogP contribution in [0.25, 0.3) is 4.85 Å². The number of amides is 1. The second kappa shape index (κ2) is 15.2. The van der Waals surface area contributed by atoms with Gasteiger partial charge in [0.1, 0.15) is 30.4 Å². The molecule has 1 aromatic carbocycles. The van der Waals surface area contributed by atoms with Gasteiger partial charge in [-0.25, -0.2) is 16.3 Å². The fourth-order valence-corrected chi connectivity index (χ4v) is 5.73. The van der Waals surface area contributed by atoms with Crippen LogP contribution in [0.15, 0.2) is 41.3 Å². The molecule has 2 aromatic rings. The molecule has 2 aliphatic heterocycles. The quantitative estimate of drug-likeness (QED) is 0.106. The van der Waals surface area contributed by atoms with Crippen LogP contribution in [0.2, 0.25) is 0 Å². The lowest BCUT2D eigenvalue weighted by Gasteiger charge is -2.32. The van der Waals surface area contributed by atoms with Gasteiger partial charge < -0.3 is 32.8 Å². The Labute approximate surface area is 262 Å². The Hall–Kier alpha value is -3.54. The SMILES string of the molecule is [2H]C([3H])OC[C@H]1O[C@@H](n2cc3c(nc2=O)N(C(=O)C(F)(F)F)c2c(OCCCCC(=C)C)cccc2O3)CC1OP(C)OCC[N+]#[C-]. The van der Waals surface area contributed by atoms with Crippen LogP contribution in [0.4, 0.5) is 24.7 Å². The minimum absolute atomic E-state index is 0.0269. The highest BCUT2D eigenvalue weighted by Crippen LogP contribution is 2.51. The smallest absolute Gasteiger partial charge is 0.472 e. The van der Waals surface area contributed by atoms with Crippen LogP contribution in [0.3, 0.4) is 0 Å². The van der Waals surface area contributed by atoms with Gasteiger partial charge in [-0.1, -0.05) is 11.6 Å². The standard InChI is InChI=1S/C29H34F3N4O8P/c1-18(2)9-6-7-13-40-19-10-8-11-20-25(19)36(27(37)29(30,31)32)26-22(42-20)16-35(28(38)34-26)24-15-21(23(43-24)17-39-4)44-45(5)41-14-12-33-3/h8,10-11,16,21,23-24H,1,6-7,9,12-15,17H2,2,4-5H3/t21?,23-,24-,45?/m1/s1/i4TD/t4?,21?,23-,24-,45?. The highest BCUT2D eigenvalue weighted by molar-refractivity contribution is 7.46. The number of hydrogen-bond acceptors (Lipinski definition) is 9. The summed E-state index contributed by atoms with van der Waals surface area (Å²) in [6.07, 6.45) is -4.85. The van der Waals surface area contributed by atoms with E-state index in [1.165, 1.54) is 18.2 Å². The van der Waals surface area contributed by atoms with E-state index < -0.39 is 57.5 Å². The van der Waals surface area contributed by atoms with E-state index in [2.05, 4.69) is 16.4 Å². The molecule has 12 nitrogen and oxygen atoms in total. The molecule has 0 spiro atoms. The Morgan fingerprint density at radius 1 is 1.36 bits per heavy atom. The van der Waals surface area contributed by atoms with E-state index in [9.17, 15) is 22.8 Å². The van der Waals surface area contributed by atoms with E-state index in [1.807, 2.05) is 6.92 Å². The van der Waals surface area contributed by atoms with Crippen molar-refractivity contribution in [3.63, 3.8) is 0 Å². The molecule has 16 heteroatoms. The Morgan fingerprint density at radius 3 is 2.87 bits per heavy atom. The second-order valence-corrected chi connectivity index (χ2v) is 11.6. The number of hydrogen-bond donors (Lipinski definition) is 0. The third-order valence-corrected chi connectivity index (χ3v) is 7.84. The molecule has 0 aliphatic carbocycles. The summed E-state index contributed by atoms with van der Waals surface area (Å²) in [5.74, 6) is -3.51. The van der Waals surface area contributed by atoms with Crippen LogP contribution in [0.1, 0.15) is 41.6 Å². The van der Waals surface area contributed by atoms with Gasteiger partial charge in [0.25, 0.3) is 0 Å². The molecule has 1 aromatic heterocycles. The lowest BCUT2D eigenvalue weighted by atomic mass is 10.1. The number of aromatic nitrogens is 2. The van der Waals surface area contributed by atoms with Gasteiger partial charge in [-0.05, 0) is 38.3 Å². The summed E-state index contributed by atoms with van der Waals surface area (Å²) in [4.78, 5) is 33.5. The molecule has 1 fully saturated rings. The molecule has 4 rings (SSSR count). The molecule has 0 saturated carbocycles. The number of rotatable bonds is 14. The zero-order valence-electron chi connectivity index (χ0n) is 26.6. The Balaban J connectivity index is 1.64.